The van der Waals surface area contributed by atoms with Crippen molar-refractivity contribution in [2.75, 3.05) is 38.6 Å². The molecule has 0 aromatic rings. The first-order valence-corrected chi connectivity index (χ1v) is 6.11. The predicted molar refractivity (Wildman–Crippen MR) is 63.1 cm³/mol. The van der Waals surface area contributed by atoms with Gasteiger partial charge in [-0.3, -0.25) is 4.90 Å². The third-order valence-electron chi connectivity index (χ3n) is 2.93. The van der Waals surface area contributed by atoms with Gasteiger partial charge in [-0.25, -0.2) is 0 Å². The van der Waals surface area contributed by atoms with E-state index < -0.39 is 0 Å². The molecule has 1 heterocycles. The summed E-state index contributed by atoms with van der Waals surface area (Å²) in [5.74, 6) is 0.791. The quantitative estimate of drug-likeness (QED) is 0.669. The Kier molecular flexibility index (Phi) is 4.68. The molecule has 84 valence electrons. The van der Waals surface area contributed by atoms with Gasteiger partial charge in [0.05, 0.1) is 0 Å². The number of rotatable bonds is 3. The Morgan fingerprint density at radius 3 is 2.07 bits per heavy atom. The fourth-order valence-corrected chi connectivity index (χ4v) is 2.05. The van der Waals surface area contributed by atoms with E-state index in [1.807, 2.05) is 0 Å². The first-order chi connectivity index (χ1) is 6.54. The van der Waals surface area contributed by atoms with Gasteiger partial charge in [-0.1, -0.05) is 0 Å². The predicted octanol–water partition coefficient (Wildman–Crippen LogP) is 2.03. The van der Waals surface area contributed by atoms with Gasteiger partial charge in [0, 0.05) is 37.6 Å². The number of hydrogen-bond acceptors (Lipinski definition) is 2. The summed E-state index contributed by atoms with van der Waals surface area (Å²) in [5.41, 5.74) is 0.332. The van der Waals surface area contributed by atoms with Gasteiger partial charge in [-0.05, 0) is 33.7 Å². The highest BCUT2D eigenvalue weighted by atomic mass is 35.5. The number of hydrogen-bond donors (Lipinski definition) is 0. The van der Waals surface area contributed by atoms with Crippen LogP contribution in [0.2, 0.25) is 0 Å². The number of halogens is 1. The monoisotopic (exact) mass is 218 g/mol. The molecule has 0 saturated carbocycles. The van der Waals surface area contributed by atoms with Crippen molar-refractivity contribution in [1.82, 2.24) is 9.80 Å². The Balaban J connectivity index is 2.24. The number of nitrogens with zero attached hydrogens (tertiary/aromatic N) is 2. The third-order valence-corrected chi connectivity index (χ3v) is 3.20. The van der Waals surface area contributed by atoms with Gasteiger partial charge < -0.3 is 4.90 Å². The van der Waals surface area contributed by atoms with Gasteiger partial charge in [0.2, 0.25) is 0 Å². The van der Waals surface area contributed by atoms with E-state index >= 15 is 0 Å². The third kappa shape index (κ3) is 3.76. The van der Waals surface area contributed by atoms with Crippen LogP contribution in [-0.4, -0.2) is 53.9 Å². The van der Waals surface area contributed by atoms with Crippen LogP contribution in [0.1, 0.15) is 27.2 Å². The fraction of sp³-hybridized carbons (Fsp3) is 1.00. The maximum Gasteiger partial charge on any atom is 0.0235 e. The minimum absolute atomic E-state index is 0.332. The molecule has 0 spiro atoms. The van der Waals surface area contributed by atoms with Crippen molar-refractivity contribution >= 4 is 11.6 Å². The van der Waals surface area contributed by atoms with E-state index in [0.717, 1.165) is 12.3 Å². The van der Waals surface area contributed by atoms with Gasteiger partial charge in [0.25, 0.3) is 0 Å². The van der Waals surface area contributed by atoms with Crippen LogP contribution < -0.4 is 0 Å². The molecule has 0 amide bonds. The molecule has 0 N–H and O–H groups in total. The minimum Gasteiger partial charge on any atom is -0.301 e. The van der Waals surface area contributed by atoms with Crippen molar-refractivity contribution in [3.05, 3.63) is 0 Å². The second kappa shape index (κ2) is 5.34. The van der Waals surface area contributed by atoms with Crippen molar-refractivity contribution in [3.8, 4) is 0 Å². The van der Waals surface area contributed by atoms with E-state index in [2.05, 4.69) is 30.6 Å². The van der Waals surface area contributed by atoms with E-state index in [4.69, 9.17) is 11.6 Å². The average molecular weight is 219 g/mol. The smallest absolute Gasteiger partial charge is 0.0235 e. The highest BCUT2D eigenvalue weighted by Crippen LogP contribution is 2.15. The summed E-state index contributed by atoms with van der Waals surface area (Å²) < 4.78 is 0. The SMILES string of the molecule is CC(C)(C)N1CCN(CCCCl)CC1. The van der Waals surface area contributed by atoms with Crippen LogP contribution in [0.25, 0.3) is 0 Å². The zero-order valence-corrected chi connectivity index (χ0v) is 10.5. The van der Waals surface area contributed by atoms with Gasteiger partial charge in [0.15, 0.2) is 0 Å². The molecule has 14 heavy (non-hydrogen) atoms. The summed E-state index contributed by atoms with van der Waals surface area (Å²) in [6.07, 6.45) is 1.12. The van der Waals surface area contributed by atoms with Gasteiger partial charge in [0.1, 0.15) is 0 Å². The summed E-state index contributed by atoms with van der Waals surface area (Å²) in [5, 5.41) is 0. The zero-order valence-electron chi connectivity index (χ0n) is 9.72. The molecular weight excluding hydrogens is 196 g/mol. The molecule has 1 saturated heterocycles. The van der Waals surface area contributed by atoms with Crippen LogP contribution in [0, 0.1) is 0 Å². The van der Waals surface area contributed by atoms with Gasteiger partial charge >= 0.3 is 0 Å². The lowest BCUT2D eigenvalue weighted by atomic mass is 10.1. The molecule has 3 heteroatoms. The second-order valence-electron chi connectivity index (χ2n) is 5.04. The van der Waals surface area contributed by atoms with Crippen LogP contribution in [-0.2, 0) is 0 Å². The largest absolute Gasteiger partial charge is 0.301 e. The molecule has 1 fully saturated rings. The molecule has 0 radical (unpaired) electrons. The van der Waals surface area contributed by atoms with Crippen molar-refractivity contribution in [1.29, 1.82) is 0 Å². The Morgan fingerprint density at radius 1 is 1.07 bits per heavy atom. The minimum atomic E-state index is 0.332. The first kappa shape index (κ1) is 12.3. The lowest BCUT2D eigenvalue weighted by Gasteiger charge is -2.42. The molecule has 1 aliphatic rings. The molecule has 1 rings (SSSR count). The summed E-state index contributed by atoms with van der Waals surface area (Å²) in [6.45, 7) is 12.9. The van der Waals surface area contributed by atoms with E-state index in [0.29, 0.717) is 5.54 Å². The molecule has 0 aliphatic carbocycles. The molecule has 1 aliphatic heterocycles. The standard InChI is InChI=1S/C11H23ClN2/c1-11(2,3)14-9-7-13(8-10-14)6-4-5-12/h4-10H2,1-3H3. The summed E-state index contributed by atoms with van der Waals surface area (Å²) >= 11 is 5.68. The van der Waals surface area contributed by atoms with E-state index in [-0.39, 0.29) is 0 Å². The maximum absolute atomic E-state index is 5.68. The Labute approximate surface area is 93.2 Å². The van der Waals surface area contributed by atoms with Crippen LogP contribution >= 0.6 is 11.6 Å². The van der Waals surface area contributed by atoms with Crippen molar-refractivity contribution < 1.29 is 0 Å². The lowest BCUT2D eigenvalue weighted by Crippen LogP contribution is -2.53. The lowest BCUT2D eigenvalue weighted by molar-refractivity contribution is 0.0625. The van der Waals surface area contributed by atoms with Gasteiger partial charge in [-0.2, -0.15) is 0 Å². The number of piperazine rings is 1. The average Bonchev–Trinajstić information content (AvgIpc) is 2.14. The molecule has 0 aromatic heterocycles. The number of alkyl halides is 1. The van der Waals surface area contributed by atoms with Crippen LogP contribution in [0.4, 0.5) is 0 Å². The zero-order chi connectivity index (χ0) is 10.6. The van der Waals surface area contributed by atoms with Crippen molar-refractivity contribution in [2.24, 2.45) is 0 Å². The van der Waals surface area contributed by atoms with E-state index in [1.54, 1.807) is 0 Å². The van der Waals surface area contributed by atoms with Crippen LogP contribution in [0.5, 0.6) is 0 Å². The molecule has 0 bridgehead atoms. The van der Waals surface area contributed by atoms with Crippen molar-refractivity contribution in [2.45, 2.75) is 32.7 Å². The molecule has 0 atom stereocenters. The Bertz CT molecular complexity index is 157. The van der Waals surface area contributed by atoms with Crippen LogP contribution in [0.15, 0.2) is 0 Å². The highest BCUT2D eigenvalue weighted by Gasteiger charge is 2.25. The van der Waals surface area contributed by atoms with E-state index in [9.17, 15) is 0 Å². The Morgan fingerprint density at radius 2 is 1.64 bits per heavy atom. The topological polar surface area (TPSA) is 6.48 Å². The molecular formula is C11H23ClN2. The van der Waals surface area contributed by atoms with E-state index in [1.165, 1.54) is 32.7 Å². The second-order valence-corrected chi connectivity index (χ2v) is 5.42. The van der Waals surface area contributed by atoms with Crippen molar-refractivity contribution in [3.63, 3.8) is 0 Å². The first-order valence-electron chi connectivity index (χ1n) is 5.57. The summed E-state index contributed by atoms with van der Waals surface area (Å²) in [4.78, 5) is 5.08. The molecule has 2 nitrogen and oxygen atoms in total. The normalized spacial score (nSPS) is 21.4. The summed E-state index contributed by atoms with van der Waals surface area (Å²) in [7, 11) is 0. The molecule has 0 aromatic carbocycles. The van der Waals surface area contributed by atoms with Crippen LogP contribution in [0.3, 0.4) is 0 Å². The fourth-order valence-electron chi connectivity index (χ4n) is 1.93. The molecule has 0 unspecified atom stereocenters. The van der Waals surface area contributed by atoms with Gasteiger partial charge in [-0.15, -0.1) is 11.6 Å². The summed E-state index contributed by atoms with van der Waals surface area (Å²) in [6, 6.07) is 0. The maximum atomic E-state index is 5.68. The highest BCUT2D eigenvalue weighted by molar-refractivity contribution is 6.17. The Hall–Kier alpha value is 0.210.